The first kappa shape index (κ1) is 17.2. The molecule has 1 fully saturated rings. The van der Waals surface area contributed by atoms with Gasteiger partial charge in [0.15, 0.2) is 0 Å². The number of aromatic nitrogens is 1. The summed E-state index contributed by atoms with van der Waals surface area (Å²) in [5.74, 6) is 0.843. The minimum absolute atomic E-state index is 0.0421. The molecule has 1 aliphatic rings. The molecule has 6 nitrogen and oxygen atoms in total. The number of imide groups is 1. The van der Waals surface area contributed by atoms with E-state index in [-0.39, 0.29) is 23.9 Å². The standard InChI is InChI=1S/C19H23N3O3/c1-12-6-8-14(9-7-12)22-13(2)17(23)21(18(22)24)11-16-20-10-15(25-16)19(3,4)5/h6-10,13H,11H2,1-5H3. The van der Waals surface area contributed by atoms with Crippen molar-refractivity contribution < 1.29 is 14.0 Å². The molecule has 1 aromatic heterocycles. The van der Waals surface area contributed by atoms with Gasteiger partial charge in [0.2, 0.25) is 5.89 Å². The Bertz CT molecular complexity index is 802. The Hall–Kier alpha value is -2.63. The normalized spacial score (nSPS) is 18.4. The van der Waals surface area contributed by atoms with Gasteiger partial charge in [0.05, 0.1) is 6.20 Å². The van der Waals surface area contributed by atoms with Crippen LogP contribution in [0.3, 0.4) is 0 Å². The van der Waals surface area contributed by atoms with E-state index >= 15 is 0 Å². The number of carbonyl (C=O) groups is 2. The molecule has 0 aliphatic carbocycles. The zero-order chi connectivity index (χ0) is 18.4. The van der Waals surface area contributed by atoms with Gasteiger partial charge >= 0.3 is 6.03 Å². The molecule has 2 heterocycles. The maximum atomic E-state index is 12.8. The first-order chi connectivity index (χ1) is 11.7. The Labute approximate surface area is 147 Å². The fourth-order valence-electron chi connectivity index (χ4n) is 2.78. The van der Waals surface area contributed by atoms with Crippen LogP contribution in [0.1, 0.15) is 44.9 Å². The monoisotopic (exact) mass is 341 g/mol. The molecule has 0 radical (unpaired) electrons. The number of hydrogen-bond donors (Lipinski definition) is 0. The van der Waals surface area contributed by atoms with E-state index in [9.17, 15) is 9.59 Å². The molecule has 0 spiro atoms. The topological polar surface area (TPSA) is 66.7 Å². The van der Waals surface area contributed by atoms with Gasteiger partial charge < -0.3 is 4.42 Å². The lowest BCUT2D eigenvalue weighted by atomic mass is 9.94. The van der Waals surface area contributed by atoms with E-state index in [2.05, 4.69) is 4.98 Å². The Morgan fingerprint density at radius 1 is 1.16 bits per heavy atom. The highest BCUT2D eigenvalue weighted by atomic mass is 16.4. The number of benzene rings is 1. The van der Waals surface area contributed by atoms with Gasteiger partial charge in [-0.2, -0.15) is 0 Å². The average Bonchev–Trinajstić information content (AvgIpc) is 3.09. The molecular formula is C19H23N3O3. The molecule has 25 heavy (non-hydrogen) atoms. The Balaban J connectivity index is 1.83. The maximum absolute atomic E-state index is 12.8. The number of oxazole rings is 1. The number of anilines is 1. The molecule has 1 aliphatic heterocycles. The van der Waals surface area contributed by atoms with E-state index in [1.54, 1.807) is 13.1 Å². The van der Waals surface area contributed by atoms with E-state index in [0.29, 0.717) is 11.6 Å². The van der Waals surface area contributed by atoms with Crippen molar-refractivity contribution in [3.05, 3.63) is 47.7 Å². The van der Waals surface area contributed by atoms with Crippen LogP contribution in [-0.4, -0.2) is 27.9 Å². The number of carbonyl (C=O) groups excluding carboxylic acids is 2. The second-order valence-electron chi connectivity index (χ2n) is 7.46. The fourth-order valence-corrected chi connectivity index (χ4v) is 2.78. The van der Waals surface area contributed by atoms with Crippen molar-refractivity contribution in [2.45, 2.75) is 52.6 Å². The van der Waals surface area contributed by atoms with Crippen molar-refractivity contribution in [3.63, 3.8) is 0 Å². The number of rotatable bonds is 3. The Morgan fingerprint density at radius 3 is 2.36 bits per heavy atom. The van der Waals surface area contributed by atoms with E-state index in [4.69, 9.17) is 4.42 Å². The van der Waals surface area contributed by atoms with Gasteiger partial charge in [-0.15, -0.1) is 0 Å². The van der Waals surface area contributed by atoms with Crippen LogP contribution in [0, 0.1) is 6.92 Å². The van der Waals surface area contributed by atoms with Crippen LogP contribution in [-0.2, 0) is 16.8 Å². The molecule has 1 saturated heterocycles. The van der Waals surface area contributed by atoms with Gasteiger partial charge in [-0.25, -0.2) is 9.78 Å². The number of aryl methyl sites for hydroxylation is 1. The quantitative estimate of drug-likeness (QED) is 0.800. The summed E-state index contributed by atoms with van der Waals surface area (Å²) in [6.45, 7) is 9.81. The highest BCUT2D eigenvalue weighted by Crippen LogP contribution is 2.28. The van der Waals surface area contributed by atoms with E-state index in [1.807, 2.05) is 52.0 Å². The average molecular weight is 341 g/mol. The first-order valence-electron chi connectivity index (χ1n) is 8.35. The minimum atomic E-state index is -0.549. The molecule has 0 bridgehead atoms. The van der Waals surface area contributed by atoms with E-state index in [0.717, 1.165) is 11.3 Å². The van der Waals surface area contributed by atoms with Crippen molar-refractivity contribution in [1.82, 2.24) is 9.88 Å². The van der Waals surface area contributed by atoms with Gasteiger partial charge in [0.1, 0.15) is 18.3 Å². The van der Waals surface area contributed by atoms with Crippen LogP contribution in [0.15, 0.2) is 34.9 Å². The Kier molecular flexibility index (Phi) is 4.14. The van der Waals surface area contributed by atoms with Crippen LogP contribution in [0.5, 0.6) is 0 Å². The second kappa shape index (κ2) is 6.02. The molecule has 132 valence electrons. The van der Waals surface area contributed by atoms with E-state index < -0.39 is 6.04 Å². The minimum Gasteiger partial charge on any atom is -0.443 e. The molecular weight excluding hydrogens is 318 g/mol. The van der Waals surface area contributed by atoms with Crippen LogP contribution >= 0.6 is 0 Å². The van der Waals surface area contributed by atoms with Crippen LogP contribution in [0.4, 0.5) is 10.5 Å². The third kappa shape index (κ3) is 3.16. The zero-order valence-electron chi connectivity index (χ0n) is 15.2. The van der Waals surface area contributed by atoms with Crippen molar-refractivity contribution in [1.29, 1.82) is 0 Å². The zero-order valence-corrected chi connectivity index (χ0v) is 15.2. The van der Waals surface area contributed by atoms with Crippen molar-refractivity contribution in [2.24, 2.45) is 0 Å². The lowest BCUT2D eigenvalue weighted by Crippen LogP contribution is -2.33. The molecule has 0 N–H and O–H groups in total. The summed E-state index contributed by atoms with van der Waals surface area (Å²) in [5.41, 5.74) is 1.63. The smallest absolute Gasteiger partial charge is 0.332 e. The lowest BCUT2D eigenvalue weighted by molar-refractivity contribution is -0.127. The summed E-state index contributed by atoms with van der Waals surface area (Å²) in [6.07, 6.45) is 1.65. The highest BCUT2D eigenvalue weighted by molar-refractivity contribution is 6.13. The summed E-state index contributed by atoms with van der Waals surface area (Å²) >= 11 is 0. The summed E-state index contributed by atoms with van der Waals surface area (Å²) in [5, 5.41) is 0. The van der Waals surface area contributed by atoms with E-state index in [1.165, 1.54) is 9.80 Å². The number of amides is 3. The summed E-state index contributed by atoms with van der Waals surface area (Å²) in [6, 6.07) is 6.65. The third-order valence-corrected chi connectivity index (χ3v) is 4.35. The van der Waals surface area contributed by atoms with Crippen LogP contribution in [0.2, 0.25) is 0 Å². The third-order valence-electron chi connectivity index (χ3n) is 4.35. The summed E-state index contributed by atoms with van der Waals surface area (Å²) in [7, 11) is 0. The van der Waals surface area contributed by atoms with Gasteiger partial charge in [0, 0.05) is 11.1 Å². The van der Waals surface area contributed by atoms with Crippen molar-refractivity contribution in [3.8, 4) is 0 Å². The Morgan fingerprint density at radius 2 is 1.80 bits per heavy atom. The molecule has 3 rings (SSSR count). The van der Waals surface area contributed by atoms with Crippen molar-refractivity contribution in [2.75, 3.05) is 4.90 Å². The SMILES string of the molecule is Cc1ccc(N2C(=O)N(Cc3ncc(C(C)(C)C)o3)C(=O)C2C)cc1. The van der Waals surface area contributed by atoms with Gasteiger partial charge in [-0.1, -0.05) is 38.5 Å². The predicted octanol–water partition coefficient (Wildman–Crippen LogP) is 3.64. The fraction of sp³-hybridized carbons (Fsp3) is 0.421. The number of nitrogens with zero attached hydrogens (tertiary/aromatic N) is 3. The number of hydrogen-bond acceptors (Lipinski definition) is 4. The van der Waals surface area contributed by atoms with Gasteiger partial charge in [-0.3, -0.25) is 14.6 Å². The summed E-state index contributed by atoms with van der Waals surface area (Å²) in [4.78, 5) is 32.3. The first-order valence-corrected chi connectivity index (χ1v) is 8.35. The maximum Gasteiger partial charge on any atom is 0.332 e. The van der Waals surface area contributed by atoms with Gasteiger partial charge in [-0.05, 0) is 26.0 Å². The van der Waals surface area contributed by atoms with Crippen LogP contribution < -0.4 is 4.90 Å². The molecule has 1 aromatic carbocycles. The molecule has 1 atom stereocenters. The van der Waals surface area contributed by atoms with Crippen LogP contribution in [0.25, 0.3) is 0 Å². The number of urea groups is 1. The second-order valence-corrected chi connectivity index (χ2v) is 7.46. The molecule has 2 aromatic rings. The lowest BCUT2D eigenvalue weighted by Gasteiger charge is -2.19. The largest absolute Gasteiger partial charge is 0.443 e. The molecule has 0 saturated carbocycles. The predicted molar refractivity (Wildman–Crippen MR) is 94.3 cm³/mol. The molecule has 1 unspecified atom stereocenters. The van der Waals surface area contributed by atoms with Crippen molar-refractivity contribution >= 4 is 17.6 Å². The molecule has 6 heteroatoms. The highest BCUT2D eigenvalue weighted by Gasteiger charge is 2.43. The van der Waals surface area contributed by atoms with Gasteiger partial charge in [0.25, 0.3) is 5.91 Å². The summed E-state index contributed by atoms with van der Waals surface area (Å²) < 4.78 is 5.72. The molecule has 3 amide bonds.